The SMILES string of the molecule is CC(C)C(=O)OC/C=C/c1cc(/C=C/COC(=O)C(C)(C)C)ccc1N(C)C(C)C. The molecule has 0 radical (unpaired) electrons. The number of benzene rings is 1. The fourth-order valence-corrected chi connectivity index (χ4v) is 2.41. The Morgan fingerprint density at radius 3 is 2.17 bits per heavy atom. The van der Waals surface area contributed by atoms with Gasteiger partial charge in [0.1, 0.15) is 13.2 Å². The number of rotatable bonds is 9. The Morgan fingerprint density at radius 1 is 1.00 bits per heavy atom. The molecule has 0 spiro atoms. The first-order valence-corrected chi connectivity index (χ1v) is 10.5. The third-order valence-corrected chi connectivity index (χ3v) is 4.53. The van der Waals surface area contributed by atoms with Gasteiger partial charge in [0.15, 0.2) is 0 Å². The lowest BCUT2D eigenvalue weighted by Gasteiger charge is -2.26. The maximum atomic E-state index is 11.8. The predicted molar refractivity (Wildman–Crippen MR) is 124 cm³/mol. The highest BCUT2D eigenvalue weighted by Gasteiger charge is 2.22. The van der Waals surface area contributed by atoms with Crippen LogP contribution in [0.5, 0.6) is 0 Å². The topological polar surface area (TPSA) is 55.8 Å². The minimum Gasteiger partial charge on any atom is -0.461 e. The van der Waals surface area contributed by atoms with Crippen LogP contribution in [0.15, 0.2) is 30.4 Å². The zero-order chi connectivity index (χ0) is 22.9. The summed E-state index contributed by atoms with van der Waals surface area (Å²) in [5.41, 5.74) is 2.61. The number of nitrogens with zero attached hydrogens (tertiary/aromatic N) is 1. The second kappa shape index (κ2) is 11.6. The van der Waals surface area contributed by atoms with Crippen molar-refractivity contribution >= 4 is 29.8 Å². The van der Waals surface area contributed by atoms with Crippen molar-refractivity contribution in [1.82, 2.24) is 0 Å². The zero-order valence-electron chi connectivity index (χ0n) is 19.7. The standard InChI is InChI=1S/C25H37NO4/c1-18(2)23(27)29-15-10-12-21-17-20(13-14-22(21)26(8)19(3)4)11-9-16-30-24(28)25(5,6)7/h9-14,17-19H,15-16H2,1-8H3/b11-9+,12-10+. The molecule has 166 valence electrons. The first-order chi connectivity index (χ1) is 13.9. The highest BCUT2D eigenvalue weighted by atomic mass is 16.5. The van der Waals surface area contributed by atoms with Gasteiger partial charge in [-0.25, -0.2) is 0 Å². The summed E-state index contributed by atoms with van der Waals surface area (Å²) in [5, 5.41) is 0. The van der Waals surface area contributed by atoms with Crippen molar-refractivity contribution in [3.8, 4) is 0 Å². The molecular formula is C25H37NO4. The Bertz CT molecular complexity index is 770. The molecule has 0 amide bonds. The van der Waals surface area contributed by atoms with E-state index >= 15 is 0 Å². The van der Waals surface area contributed by atoms with Gasteiger partial charge in [0, 0.05) is 18.8 Å². The second-order valence-corrected chi connectivity index (χ2v) is 8.96. The molecule has 1 aromatic rings. The summed E-state index contributed by atoms with van der Waals surface area (Å²) in [7, 11) is 2.05. The number of anilines is 1. The molecule has 0 atom stereocenters. The fourth-order valence-electron chi connectivity index (χ4n) is 2.41. The first-order valence-electron chi connectivity index (χ1n) is 10.5. The zero-order valence-corrected chi connectivity index (χ0v) is 19.7. The van der Waals surface area contributed by atoms with Crippen LogP contribution in [0, 0.1) is 11.3 Å². The van der Waals surface area contributed by atoms with Crippen molar-refractivity contribution in [2.24, 2.45) is 11.3 Å². The number of hydrogen-bond donors (Lipinski definition) is 0. The summed E-state index contributed by atoms with van der Waals surface area (Å²) >= 11 is 0. The summed E-state index contributed by atoms with van der Waals surface area (Å²) < 4.78 is 10.5. The largest absolute Gasteiger partial charge is 0.461 e. The highest BCUT2D eigenvalue weighted by Crippen LogP contribution is 2.25. The smallest absolute Gasteiger partial charge is 0.311 e. The monoisotopic (exact) mass is 415 g/mol. The van der Waals surface area contributed by atoms with Gasteiger partial charge in [0.2, 0.25) is 0 Å². The average molecular weight is 416 g/mol. The Hall–Kier alpha value is -2.56. The van der Waals surface area contributed by atoms with Crippen molar-refractivity contribution in [1.29, 1.82) is 0 Å². The van der Waals surface area contributed by atoms with Crippen LogP contribution in [0.25, 0.3) is 12.2 Å². The van der Waals surface area contributed by atoms with E-state index in [-0.39, 0.29) is 31.1 Å². The van der Waals surface area contributed by atoms with E-state index in [0.717, 1.165) is 16.8 Å². The lowest BCUT2D eigenvalue weighted by Crippen LogP contribution is -2.26. The maximum absolute atomic E-state index is 11.8. The fraction of sp³-hybridized carbons (Fsp3) is 0.520. The Morgan fingerprint density at radius 2 is 1.60 bits per heavy atom. The molecule has 1 aromatic carbocycles. The molecule has 0 aliphatic carbocycles. The molecule has 5 heteroatoms. The number of carbonyl (C=O) groups excluding carboxylic acids is 2. The maximum Gasteiger partial charge on any atom is 0.311 e. The molecule has 0 aromatic heterocycles. The molecule has 0 aliphatic rings. The number of hydrogen-bond acceptors (Lipinski definition) is 5. The van der Waals surface area contributed by atoms with Crippen molar-refractivity contribution in [2.75, 3.05) is 25.2 Å². The third-order valence-electron chi connectivity index (χ3n) is 4.53. The van der Waals surface area contributed by atoms with Crippen molar-refractivity contribution in [2.45, 2.75) is 54.5 Å². The van der Waals surface area contributed by atoms with Crippen LogP contribution in [0.2, 0.25) is 0 Å². The minimum absolute atomic E-state index is 0.137. The summed E-state index contributed by atoms with van der Waals surface area (Å²) in [6.07, 6.45) is 7.60. The Labute approximate surface area is 181 Å². The van der Waals surface area contributed by atoms with E-state index in [9.17, 15) is 9.59 Å². The van der Waals surface area contributed by atoms with Gasteiger partial charge in [0.25, 0.3) is 0 Å². The van der Waals surface area contributed by atoms with Crippen LogP contribution in [-0.2, 0) is 19.1 Å². The second-order valence-electron chi connectivity index (χ2n) is 8.96. The molecule has 0 unspecified atom stereocenters. The van der Waals surface area contributed by atoms with Gasteiger partial charge >= 0.3 is 11.9 Å². The molecule has 0 saturated carbocycles. The lowest BCUT2D eigenvalue weighted by molar-refractivity contribution is -0.151. The van der Waals surface area contributed by atoms with Crippen LogP contribution in [0.3, 0.4) is 0 Å². The molecule has 0 saturated heterocycles. The van der Waals surface area contributed by atoms with E-state index in [1.165, 1.54) is 0 Å². The molecule has 0 N–H and O–H groups in total. The van der Waals surface area contributed by atoms with Crippen LogP contribution in [0.4, 0.5) is 5.69 Å². The van der Waals surface area contributed by atoms with Crippen molar-refractivity contribution in [3.05, 3.63) is 41.5 Å². The van der Waals surface area contributed by atoms with E-state index in [1.807, 2.05) is 65.0 Å². The van der Waals surface area contributed by atoms with Gasteiger partial charge in [-0.2, -0.15) is 0 Å². The van der Waals surface area contributed by atoms with E-state index in [1.54, 1.807) is 0 Å². The van der Waals surface area contributed by atoms with E-state index < -0.39 is 5.41 Å². The molecule has 5 nitrogen and oxygen atoms in total. The number of esters is 2. The first kappa shape index (κ1) is 25.5. The van der Waals surface area contributed by atoms with E-state index in [0.29, 0.717) is 6.04 Å². The average Bonchev–Trinajstić information content (AvgIpc) is 2.66. The third kappa shape index (κ3) is 8.44. The molecular weight excluding hydrogens is 378 g/mol. The van der Waals surface area contributed by atoms with E-state index in [4.69, 9.17) is 9.47 Å². The van der Waals surface area contributed by atoms with Gasteiger partial charge in [-0.15, -0.1) is 0 Å². The minimum atomic E-state index is -0.506. The van der Waals surface area contributed by atoms with Crippen LogP contribution < -0.4 is 4.90 Å². The summed E-state index contributed by atoms with van der Waals surface area (Å²) in [5.74, 6) is -0.567. The van der Waals surface area contributed by atoms with Gasteiger partial charge < -0.3 is 14.4 Å². The molecule has 1 rings (SSSR count). The predicted octanol–water partition coefficient (Wildman–Crippen LogP) is 5.35. The van der Waals surface area contributed by atoms with Gasteiger partial charge in [-0.3, -0.25) is 9.59 Å². The van der Waals surface area contributed by atoms with E-state index in [2.05, 4.69) is 37.9 Å². The van der Waals surface area contributed by atoms with Crippen LogP contribution >= 0.6 is 0 Å². The summed E-state index contributed by atoms with van der Waals surface area (Å²) in [4.78, 5) is 25.7. The normalized spacial score (nSPS) is 12.2. The van der Waals surface area contributed by atoms with Crippen molar-refractivity contribution in [3.63, 3.8) is 0 Å². The molecule has 0 bridgehead atoms. The lowest BCUT2D eigenvalue weighted by atomic mass is 9.97. The quantitative estimate of drug-likeness (QED) is 0.509. The highest BCUT2D eigenvalue weighted by molar-refractivity contribution is 5.75. The van der Waals surface area contributed by atoms with Gasteiger partial charge in [0.05, 0.1) is 11.3 Å². The number of carbonyl (C=O) groups is 2. The van der Waals surface area contributed by atoms with Crippen LogP contribution in [-0.4, -0.2) is 38.2 Å². The molecule has 0 heterocycles. The van der Waals surface area contributed by atoms with Crippen LogP contribution in [0.1, 0.15) is 59.6 Å². The number of ether oxygens (including phenoxy) is 2. The molecule has 0 fully saturated rings. The summed E-state index contributed by atoms with van der Waals surface area (Å²) in [6.45, 7) is 13.9. The summed E-state index contributed by atoms with van der Waals surface area (Å²) in [6, 6.07) is 6.51. The molecule has 0 aliphatic heterocycles. The Balaban J connectivity index is 2.93. The molecule has 30 heavy (non-hydrogen) atoms. The van der Waals surface area contributed by atoms with Gasteiger partial charge in [-0.05, 0) is 70.0 Å². The Kier molecular flexibility index (Phi) is 9.83. The van der Waals surface area contributed by atoms with Gasteiger partial charge in [-0.1, -0.05) is 32.1 Å². The van der Waals surface area contributed by atoms with Crippen molar-refractivity contribution < 1.29 is 19.1 Å².